The van der Waals surface area contributed by atoms with Gasteiger partial charge in [-0.3, -0.25) is 0 Å². The van der Waals surface area contributed by atoms with E-state index >= 15 is 0 Å². The van der Waals surface area contributed by atoms with E-state index in [1.54, 1.807) is 0 Å². The molecule has 0 aromatic heterocycles. The number of hydrogen-bond acceptors (Lipinski definition) is 2. The zero-order valence-corrected chi connectivity index (χ0v) is 12.1. The highest BCUT2D eigenvalue weighted by molar-refractivity contribution is 5.02. The molecule has 0 spiro atoms. The maximum absolute atomic E-state index is 5.84. The molecule has 17 heavy (non-hydrogen) atoms. The Labute approximate surface area is 107 Å². The number of ether oxygens (including phenoxy) is 2. The van der Waals surface area contributed by atoms with Crippen LogP contribution in [0.4, 0.5) is 0 Å². The van der Waals surface area contributed by atoms with E-state index in [0.29, 0.717) is 6.10 Å². The van der Waals surface area contributed by atoms with Gasteiger partial charge in [-0.25, -0.2) is 0 Å². The summed E-state index contributed by atoms with van der Waals surface area (Å²) in [7, 11) is 0. The van der Waals surface area contributed by atoms with Gasteiger partial charge < -0.3 is 9.47 Å². The molecule has 102 valence electrons. The van der Waals surface area contributed by atoms with Gasteiger partial charge in [-0.2, -0.15) is 0 Å². The second kappa shape index (κ2) is 10.8. The lowest BCUT2D eigenvalue weighted by atomic mass is 10.2. The highest BCUT2D eigenvalue weighted by atomic mass is 16.7. The van der Waals surface area contributed by atoms with E-state index in [2.05, 4.69) is 6.58 Å². The van der Waals surface area contributed by atoms with Crippen molar-refractivity contribution in [3.8, 4) is 0 Å². The molecule has 0 radical (unpaired) electrons. The van der Waals surface area contributed by atoms with Crippen molar-refractivity contribution in [2.75, 3.05) is 6.61 Å². The van der Waals surface area contributed by atoms with E-state index in [-0.39, 0.29) is 6.29 Å². The normalized spacial score (nSPS) is 27.6. The van der Waals surface area contributed by atoms with Crippen molar-refractivity contribution in [2.45, 2.75) is 78.6 Å². The Morgan fingerprint density at radius 3 is 2.29 bits per heavy atom. The molecule has 0 aromatic carbocycles. The largest absolute Gasteiger partial charge is 0.353 e. The quantitative estimate of drug-likeness (QED) is 0.654. The first kappa shape index (κ1) is 16.7. The second-order valence-electron chi connectivity index (χ2n) is 4.05. The van der Waals surface area contributed by atoms with Crippen molar-refractivity contribution in [3.63, 3.8) is 0 Å². The van der Waals surface area contributed by atoms with Crippen LogP contribution in [0.25, 0.3) is 0 Å². The Morgan fingerprint density at radius 2 is 1.82 bits per heavy atom. The highest BCUT2D eigenvalue weighted by Gasteiger charge is 2.23. The topological polar surface area (TPSA) is 18.5 Å². The Balaban J connectivity index is 0.000000581. The fourth-order valence-electron chi connectivity index (χ4n) is 2.04. The zero-order valence-electron chi connectivity index (χ0n) is 12.1. The SMILES string of the molecule is C=C1CC[C@H](OC2CCCCO2)C1.CC.CC. The van der Waals surface area contributed by atoms with Crippen LogP contribution in [0, 0.1) is 0 Å². The smallest absolute Gasteiger partial charge is 0.157 e. The van der Waals surface area contributed by atoms with E-state index in [4.69, 9.17) is 9.47 Å². The molecule has 1 heterocycles. The predicted molar refractivity (Wildman–Crippen MR) is 74.2 cm³/mol. The Hall–Kier alpha value is -0.340. The van der Waals surface area contributed by atoms with Crippen LogP contribution in [0.3, 0.4) is 0 Å². The third kappa shape index (κ3) is 6.85. The summed E-state index contributed by atoms with van der Waals surface area (Å²) in [6, 6.07) is 0. The van der Waals surface area contributed by atoms with Gasteiger partial charge in [0.25, 0.3) is 0 Å². The fourth-order valence-corrected chi connectivity index (χ4v) is 2.04. The second-order valence-corrected chi connectivity index (χ2v) is 4.05. The van der Waals surface area contributed by atoms with E-state index in [1.807, 2.05) is 27.7 Å². The number of hydrogen-bond donors (Lipinski definition) is 0. The molecule has 2 atom stereocenters. The summed E-state index contributed by atoms with van der Waals surface area (Å²) in [6.07, 6.45) is 7.29. The monoisotopic (exact) mass is 242 g/mol. The molecule has 0 aromatic rings. The van der Waals surface area contributed by atoms with Gasteiger partial charge in [0.2, 0.25) is 0 Å². The summed E-state index contributed by atoms with van der Waals surface area (Å²) >= 11 is 0. The molecule has 2 fully saturated rings. The van der Waals surface area contributed by atoms with Crippen LogP contribution in [0.5, 0.6) is 0 Å². The fraction of sp³-hybridized carbons (Fsp3) is 0.867. The van der Waals surface area contributed by atoms with Crippen molar-refractivity contribution in [2.24, 2.45) is 0 Å². The first-order valence-corrected chi connectivity index (χ1v) is 7.28. The molecule has 0 amide bonds. The summed E-state index contributed by atoms with van der Waals surface area (Å²) in [6.45, 7) is 12.9. The third-order valence-electron chi connectivity index (χ3n) is 2.82. The molecule has 2 nitrogen and oxygen atoms in total. The standard InChI is InChI=1S/C11H18O2.2C2H6/c1-9-5-6-10(8-9)13-11-4-2-3-7-12-11;2*1-2/h10-11H,1-8H2;2*1-2H3/t10-,11?;;/m0../s1. The summed E-state index contributed by atoms with van der Waals surface area (Å²) in [5, 5.41) is 0. The minimum Gasteiger partial charge on any atom is -0.353 e. The Morgan fingerprint density at radius 1 is 1.12 bits per heavy atom. The average Bonchev–Trinajstić information content (AvgIpc) is 2.81. The van der Waals surface area contributed by atoms with Gasteiger partial charge in [-0.15, -0.1) is 0 Å². The van der Waals surface area contributed by atoms with Crippen LogP contribution in [-0.4, -0.2) is 19.0 Å². The van der Waals surface area contributed by atoms with Gasteiger partial charge in [0.1, 0.15) is 0 Å². The molecule has 1 aliphatic heterocycles. The molecule has 2 heteroatoms. The zero-order chi connectivity index (χ0) is 13.1. The van der Waals surface area contributed by atoms with Crippen molar-refractivity contribution >= 4 is 0 Å². The molecular weight excluding hydrogens is 212 g/mol. The average molecular weight is 242 g/mol. The molecule has 1 saturated carbocycles. The van der Waals surface area contributed by atoms with Crippen LogP contribution in [-0.2, 0) is 9.47 Å². The van der Waals surface area contributed by atoms with Gasteiger partial charge in [0, 0.05) is 6.61 Å². The van der Waals surface area contributed by atoms with Crippen LogP contribution in [0.2, 0.25) is 0 Å². The van der Waals surface area contributed by atoms with E-state index in [9.17, 15) is 0 Å². The summed E-state index contributed by atoms with van der Waals surface area (Å²) in [5.74, 6) is 0. The molecule has 1 saturated heterocycles. The van der Waals surface area contributed by atoms with E-state index in [1.165, 1.54) is 18.4 Å². The first-order chi connectivity index (χ1) is 8.34. The summed E-state index contributed by atoms with van der Waals surface area (Å²) < 4.78 is 11.4. The Bertz CT molecular complexity index is 183. The predicted octanol–water partition coefficient (Wildman–Crippen LogP) is 4.69. The molecule has 2 rings (SSSR count). The molecule has 2 aliphatic rings. The van der Waals surface area contributed by atoms with Crippen molar-refractivity contribution < 1.29 is 9.47 Å². The molecule has 1 unspecified atom stereocenters. The van der Waals surface area contributed by atoms with Crippen LogP contribution in [0.15, 0.2) is 12.2 Å². The molecule has 1 aliphatic carbocycles. The van der Waals surface area contributed by atoms with Gasteiger partial charge in [-0.1, -0.05) is 39.8 Å². The lowest BCUT2D eigenvalue weighted by Gasteiger charge is -2.25. The van der Waals surface area contributed by atoms with Gasteiger partial charge in [-0.05, 0) is 38.5 Å². The van der Waals surface area contributed by atoms with E-state index < -0.39 is 0 Å². The highest BCUT2D eigenvalue weighted by Crippen LogP contribution is 2.28. The minimum absolute atomic E-state index is 0.0737. The van der Waals surface area contributed by atoms with Crippen LogP contribution < -0.4 is 0 Å². The van der Waals surface area contributed by atoms with Crippen LogP contribution >= 0.6 is 0 Å². The van der Waals surface area contributed by atoms with Crippen LogP contribution in [0.1, 0.15) is 66.2 Å². The molecule has 0 bridgehead atoms. The lowest BCUT2D eigenvalue weighted by molar-refractivity contribution is -0.185. The first-order valence-electron chi connectivity index (χ1n) is 7.28. The summed E-state index contributed by atoms with van der Waals surface area (Å²) in [4.78, 5) is 0. The maximum atomic E-state index is 5.84. The lowest BCUT2D eigenvalue weighted by Crippen LogP contribution is -2.26. The Kier molecular flexibility index (Phi) is 10.6. The summed E-state index contributed by atoms with van der Waals surface area (Å²) in [5.41, 5.74) is 1.33. The van der Waals surface area contributed by atoms with Gasteiger partial charge in [0.05, 0.1) is 6.10 Å². The van der Waals surface area contributed by atoms with Gasteiger partial charge in [0.15, 0.2) is 6.29 Å². The van der Waals surface area contributed by atoms with Crippen molar-refractivity contribution in [1.82, 2.24) is 0 Å². The molecular formula is C15H30O2. The number of rotatable bonds is 2. The van der Waals surface area contributed by atoms with Crippen molar-refractivity contribution in [3.05, 3.63) is 12.2 Å². The third-order valence-corrected chi connectivity index (χ3v) is 2.82. The molecule has 0 N–H and O–H groups in total. The van der Waals surface area contributed by atoms with Crippen molar-refractivity contribution in [1.29, 1.82) is 0 Å². The maximum Gasteiger partial charge on any atom is 0.157 e. The van der Waals surface area contributed by atoms with E-state index in [0.717, 1.165) is 32.3 Å². The minimum atomic E-state index is 0.0737. The van der Waals surface area contributed by atoms with Gasteiger partial charge >= 0.3 is 0 Å².